The summed E-state index contributed by atoms with van der Waals surface area (Å²) in [6, 6.07) is 0. The number of nitrogens with two attached hydrogens (primary N) is 1. The highest BCUT2D eigenvalue weighted by Crippen LogP contribution is 2.03. The maximum atomic E-state index is 5.31. The van der Waals surface area contributed by atoms with Crippen LogP contribution in [0.3, 0.4) is 0 Å². The molecule has 11 heavy (non-hydrogen) atoms. The fourth-order valence-corrected chi connectivity index (χ4v) is 0.824. The summed E-state index contributed by atoms with van der Waals surface area (Å²) in [6.07, 6.45) is 0.284. The van der Waals surface area contributed by atoms with Gasteiger partial charge < -0.3 is 4.74 Å². The van der Waals surface area contributed by atoms with Crippen molar-refractivity contribution in [2.24, 2.45) is 5.90 Å². The van der Waals surface area contributed by atoms with E-state index in [1.807, 2.05) is 25.2 Å². The SMILES string of the molecule is CC(C)OCCN(C)SON. The Bertz CT molecular complexity index is 92.7. The molecule has 5 heteroatoms. The molecular formula is C6H16N2O2S. The molecule has 0 unspecified atom stereocenters. The van der Waals surface area contributed by atoms with Gasteiger partial charge >= 0.3 is 0 Å². The quantitative estimate of drug-likeness (QED) is 0.372. The third-order valence-electron chi connectivity index (χ3n) is 1.03. The van der Waals surface area contributed by atoms with Crippen LogP contribution in [0, 0.1) is 0 Å². The lowest BCUT2D eigenvalue weighted by molar-refractivity contribution is 0.0740. The molecule has 0 spiro atoms. The lowest BCUT2D eigenvalue weighted by atomic mass is 10.5. The van der Waals surface area contributed by atoms with Gasteiger partial charge in [0.1, 0.15) is 12.2 Å². The van der Waals surface area contributed by atoms with Gasteiger partial charge in [0.25, 0.3) is 0 Å². The second kappa shape index (κ2) is 6.87. The number of rotatable bonds is 6. The molecule has 0 aromatic heterocycles. The second-order valence-electron chi connectivity index (χ2n) is 2.44. The molecule has 68 valence electrons. The van der Waals surface area contributed by atoms with Crippen LogP contribution in [0.5, 0.6) is 0 Å². The molecule has 0 aromatic carbocycles. The van der Waals surface area contributed by atoms with Crippen molar-refractivity contribution in [2.75, 3.05) is 20.2 Å². The molecule has 0 aromatic rings. The Morgan fingerprint density at radius 2 is 2.18 bits per heavy atom. The van der Waals surface area contributed by atoms with Crippen LogP contribution in [-0.2, 0) is 9.02 Å². The van der Waals surface area contributed by atoms with Crippen molar-refractivity contribution in [3.05, 3.63) is 0 Å². The van der Waals surface area contributed by atoms with Crippen LogP contribution < -0.4 is 5.90 Å². The smallest absolute Gasteiger partial charge is 0.104 e. The van der Waals surface area contributed by atoms with E-state index in [0.717, 1.165) is 18.8 Å². The average molecular weight is 180 g/mol. The Hall–Kier alpha value is 0.190. The van der Waals surface area contributed by atoms with Gasteiger partial charge in [-0.2, -0.15) is 0 Å². The van der Waals surface area contributed by atoms with Crippen LogP contribution in [0.2, 0.25) is 0 Å². The molecule has 0 aliphatic carbocycles. The van der Waals surface area contributed by atoms with Crippen LogP contribution in [0.4, 0.5) is 0 Å². The lowest BCUT2D eigenvalue weighted by Gasteiger charge is -2.13. The minimum atomic E-state index is 0.284. The summed E-state index contributed by atoms with van der Waals surface area (Å²) in [4.78, 5) is 0. The summed E-state index contributed by atoms with van der Waals surface area (Å²) in [7, 11) is 1.89. The van der Waals surface area contributed by atoms with E-state index < -0.39 is 0 Å². The highest BCUT2D eigenvalue weighted by molar-refractivity contribution is 7.92. The highest BCUT2D eigenvalue weighted by Gasteiger charge is 1.99. The van der Waals surface area contributed by atoms with Crippen molar-refractivity contribution >= 4 is 12.2 Å². The average Bonchev–Trinajstić information content (AvgIpc) is 1.87. The van der Waals surface area contributed by atoms with Crippen LogP contribution in [0.1, 0.15) is 13.8 Å². The second-order valence-corrected chi connectivity index (χ2v) is 3.41. The van der Waals surface area contributed by atoms with E-state index in [9.17, 15) is 0 Å². The molecule has 0 aliphatic heterocycles. The van der Waals surface area contributed by atoms with Gasteiger partial charge in [0, 0.05) is 6.54 Å². The molecule has 0 saturated carbocycles. The number of hydrogen-bond acceptors (Lipinski definition) is 5. The molecular weight excluding hydrogens is 164 g/mol. The van der Waals surface area contributed by atoms with Gasteiger partial charge in [-0.15, -0.1) is 0 Å². The maximum absolute atomic E-state index is 5.31. The van der Waals surface area contributed by atoms with E-state index in [1.54, 1.807) is 0 Å². The summed E-state index contributed by atoms with van der Waals surface area (Å²) in [5.41, 5.74) is 0. The van der Waals surface area contributed by atoms with E-state index in [1.165, 1.54) is 0 Å². The van der Waals surface area contributed by atoms with E-state index in [4.69, 9.17) is 10.6 Å². The molecule has 0 aliphatic rings. The number of ether oxygens (including phenoxy) is 1. The zero-order valence-electron chi connectivity index (χ0n) is 7.24. The molecule has 0 bridgehead atoms. The molecule has 0 fully saturated rings. The molecule has 0 radical (unpaired) electrons. The lowest BCUT2D eigenvalue weighted by Crippen LogP contribution is -2.19. The third kappa shape index (κ3) is 8.09. The number of hydrogen-bond donors (Lipinski definition) is 1. The maximum Gasteiger partial charge on any atom is 0.104 e. The fourth-order valence-electron chi connectivity index (χ4n) is 0.528. The van der Waals surface area contributed by atoms with Crippen molar-refractivity contribution in [2.45, 2.75) is 20.0 Å². The normalized spacial score (nSPS) is 11.5. The topological polar surface area (TPSA) is 47.7 Å². The molecule has 0 amide bonds. The third-order valence-corrected chi connectivity index (χ3v) is 1.55. The van der Waals surface area contributed by atoms with Crippen molar-refractivity contribution in [1.29, 1.82) is 0 Å². The van der Waals surface area contributed by atoms with E-state index >= 15 is 0 Å². The zero-order chi connectivity index (χ0) is 8.69. The summed E-state index contributed by atoms with van der Waals surface area (Å²) < 4.78 is 11.5. The van der Waals surface area contributed by atoms with Gasteiger partial charge in [0.05, 0.1) is 12.7 Å². The molecule has 0 rings (SSSR count). The molecule has 0 saturated heterocycles. The van der Waals surface area contributed by atoms with Crippen molar-refractivity contribution < 1.29 is 9.02 Å². The first kappa shape index (κ1) is 11.2. The summed E-state index contributed by atoms with van der Waals surface area (Å²) >= 11 is 1.11. The van der Waals surface area contributed by atoms with Crippen molar-refractivity contribution in [1.82, 2.24) is 4.31 Å². The predicted octanol–water partition coefficient (Wildman–Crippen LogP) is 0.797. The largest absolute Gasteiger partial charge is 0.377 e. The first-order chi connectivity index (χ1) is 5.16. The van der Waals surface area contributed by atoms with Crippen LogP contribution in [-0.4, -0.2) is 30.6 Å². The van der Waals surface area contributed by atoms with Crippen molar-refractivity contribution in [3.63, 3.8) is 0 Å². The van der Waals surface area contributed by atoms with Crippen LogP contribution >= 0.6 is 12.2 Å². The molecule has 2 N–H and O–H groups in total. The van der Waals surface area contributed by atoms with Gasteiger partial charge in [-0.1, -0.05) is 0 Å². The standard InChI is InChI=1S/C6H16N2O2S/c1-6(2)9-5-4-8(3)11-10-7/h6H,4-5,7H2,1-3H3. The molecule has 0 heterocycles. The van der Waals surface area contributed by atoms with Gasteiger partial charge in [0.2, 0.25) is 0 Å². The predicted molar refractivity (Wildman–Crippen MR) is 46.6 cm³/mol. The monoisotopic (exact) mass is 180 g/mol. The first-order valence-electron chi connectivity index (χ1n) is 3.53. The number of likely N-dealkylation sites (N-methyl/N-ethyl adjacent to an activating group) is 1. The minimum Gasteiger partial charge on any atom is -0.377 e. The van der Waals surface area contributed by atoms with Gasteiger partial charge in [-0.3, -0.25) is 0 Å². The Balaban J connectivity index is 3.10. The molecule has 4 nitrogen and oxygen atoms in total. The van der Waals surface area contributed by atoms with Gasteiger partial charge in [-0.05, 0) is 20.9 Å². The van der Waals surface area contributed by atoms with Crippen LogP contribution in [0.15, 0.2) is 0 Å². The summed E-state index contributed by atoms with van der Waals surface area (Å²) in [6.45, 7) is 5.52. The van der Waals surface area contributed by atoms with Crippen molar-refractivity contribution in [3.8, 4) is 0 Å². The van der Waals surface area contributed by atoms with E-state index in [-0.39, 0.29) is 6.10 Å². The van der Waals surface area contributed by atoms with Gasteiger partial charge in [0.15, 0.2) is 0 Å². The Morgan fingerprint density at radius 3 is 2.64 bits per heavy atom. The number of nitrogens with zero attached hydrogens (tertiary/aromatic N) is 1. The Labute approximate surface area is 72.3 Å². The molecule has 0 atom stereocenters. The fraction of sp³-hybridized carbons (Fsp3) is 1.00. The summed E-state index contributed by atoms with van der Waals surface area (Å²) in [5.74, 6) is 4.84. The van der Waals surface area contributed by atoms with Crippen LogP contribution in [0.25, 0.3) is 0 Å². The Morgan fingerprint density at radius 1 is 1.55 bits per heavy atom. The summed E-state index contributed by atoms with van der Waals surface area (Å²) in [5, 5.41) is 0. The van der Waals surface area contributed by atoms with E-state index in [2.05, 4.69) is 4.28 Å². The first-order valence-corrected chi connectivity index (χ1v) is 4.23. The Kier molecular flexibility index (Phi) is 6.99. The minimum absolute atomic E-state index is 0.284. The van der Waals surface area contributed by atoms with Gasteiger partial charge in [-0.25, -0.2) is 14.5 Å². The zero-order valence-corrected chi connectivity index (χ0v) is 8.06. The van der Waals surface area contributed by atoms with E-state index in [0.29, 0.717) is 6.61 Å². The highest BCUT2D eigenvalue weighted by atomic mass is 32.2.